The molecule has 1 aromatic heterocycles. The summed E-state index contributed by atoms with van der Waals surface area (Å²) in [6, 6.07) is 19.0. The second-order valence-electron chi connectivity index (χ2n) is 9.22. The van der Waals surface area contributed by atoms with E-state index in [0.717, 1.165) is 21.9 Å². The summed E-state index contributed by atoms with van der Waals surface area (Å²) >= 11 is 0. The second kappa shape index (κ2) is 8.72. The molecule has 7 aromatic carbocycles. The molecule has 8 aromatic rings. The SMILES string of the molecule is [2H]c1c([2H])c([2H])c(-c2c(-c3c4ccccc4c(-c4ccccc4)c4ccccc34)c([2H])c([2H])c3oc4c([2H])c([2H])c([2H])c([2H])c4c23)c([2H])c1[2H]. The quantitative estimate of drug-likeness (QED) is 0.217. The van der Waals surface area contributed by atoms with Crippen molar-refractivity contribution in [3.05, 3.63) is 145 Å². The zero-order valence-corrected chi connectivity index (χ0v) is 20.4. The Morgan fingerprint density at radius 2 is 1.00 bits per heavy atom. The van der Waals surface area contributed by atoms with E-state index in [1.165, 1.54) is 0 Å². The standard InChI is InChI=1S/C38H24O/c1-3-13-25(14-4-1)35-27-17-7-9-19-29(27)37(30-20-10-8-18-28(30)35)32-23-24-34-38(31-21-11-12-22-33(31)39-34)36(32)26-15-5-2-6-16-26/h1-24H/i2D,5D,6D,11D,12D,15D,16D,21D,22D,23D,24D. The van der Waals surface area contributed by atoms with Crippen molar-refractivity contribution in [2.75, 3.05) is 0 Å². The molecule has 0 saturated carbocycles. The van der Waals surface area contributed by atoms with Gasteiger partial charge in [0, 0.05) is 16.3 Å². The van der Waals surface area contributed by atoms with Crippen LogP contribution in [0.15, 0.2) is 150 Å². The monoisotopic (exact) mass is 507 g/mol. The number of fused-ring (bicyclic) bond motifs is 5. The molecule has 0 radical (unpaired) electrons. The van der Waals surface area contributed by atoms with E-state index >= 15 is 0 Å². The minimum absolute atomic E-state index is 0.0400. The molecule has 0 N–H and O–H groups in total. The van der Waals surface area contributed by atoms with Crippen molar-refractivity contribution in [3.63, 3.8) is 0 Å². The van der Waals surface area contributed by atoms with Crippen LogP contribution in [0.4, 0.5) is 0 Å². The number of hydrogen-bond donors (Lipinski definition) is 0. The van der Waals surface area contributed by atoms with Crippen molar-refractivity contribution in [2.45, 2.75) is 0 Å². The predicted molar refractivity (Wildman–Crippen MR) is 165 cm³/mol. The molecular weight excluding hydrogens is 472 g/mol. The van der Waals surface area contributed by atoms with Crippen LogP contribution in [-0.2, 0) is 0 Å². The van der Waals surface area contributed by atoms with Gasteiger partial charge in [0.15, 0.2) is 0 Å². The highest BCUT2D eigenvalue weighted by Crippen LogP contribution is 2.49. The largest absolute Gasteiger partial charge is 0.456 e. The summed E-state index contributed by atoms with van der Waals surface area (Å²) in [4.78, 5) is 0. The maximum Gasteiger partial charge on any atom is 0.136 e. The summed E-state index contributed by atoms with van der Waals surface area (Å²) in [6.07, 6.45) is 0. The molecule has 0 spiro atoms. The van der Waals surface area contributed by atoms with E-state index in [9.17, 15) is 2.74 Å². The first kappa shape index (κ1) is 13.6. The van der Waals surface area contributed by atoms with Gasteiger partial charge < -0.3 is 4.42 Å². The average Bonchev–Trinajstić information content (AvgIpc) is 3.54. The minimum atomic E-state index is -0.620. The lowest BCUT2D eigenvalue weighted by Gasteiger charge is -2.20. The van der Waals surface area contributed by atoms with Gasteiger partial charge in [-0.05, 0) is 67.5 Å². The number of para-hydroxylation sites is 1. The summed E-state index contributed by atoms with van der Waals surface area (Å²) < 4.78 is 103. The maximum atomic E-state index is 9.56. The highest BCUT2D eigenvalue weighted by Gasteiger charge is 2.22. The Bertz CT molecular complexity index is 2680. The summed E-state index contributed by atoms with van der Waals surface area (Å²) in [5, 5.41) is 2.80. The third-order valence-corrected chi connectivity index (χ3v) is 7.13. The van der Waals surface area contributed by atoms with E-state index in [1.54, 1.807) is 0 Å². The number of benzene rings is 7. The summed E-state index contributed by atoms with van der Waals surface area (Å²) in [6.45, 7) is 0. The number of hydrogen-bond acceptors (Lipinski definition) is 1. The Morgan fingerprint density at radius 1 is 0.410 bits per heavy atom. The fraction of sp³-hybridized carbons (Fsp3) is 0. The van der Waals surface area contributed by atoms with Gasteiger partial charge in [0.2, 0.25) is 0 Å². The average molecular weight is 508 g/mol. The molecule has 0 aliphatic heterocycles. The number of furan rings is 1. The first-order valence-electron chi connectivity index (χ1n) is 18.0. The van der Waals surface area contributed by atoms with E-state index < -0.39 is 60.4 Å². The highest BCUT2D eigenvalue weighted by atomic mass is 16.3. The smallest absolute Gasteiger partial charge is 0.136 e. The van der Waals surface area contributed by atoms with Crippen LogP contribution < -0.4 is 0 Å². The van der Waals surface area contributed by atoms with Crippen LogP contribution in [-0.4, -0.2) is 0 Å². The molecule has 0 bridgehead atoms. The Morgan fingerprint density at radius 3 is 1.69 bits per heavy atom. The maximum absolute atomic E-state index is 9.56. The highest BCUT2D eigenvalue weighted by molar-refractivity contribution is 6.25. The molecule has 0 atom stereocenters. The predicted octanol–water partition coefficient (Wildman–Crippen LogP) is 10.9. The molecule has 39 heavy (non-hydrogen) atoms. The molecule has 0 aliphatic carbocycles. The van der Waals surface area contributed by atoms with Crippen molar-refractivity contribution in [3.8, 4) is 33.4 Å². The van der Waals surface area contributed by atoms with Crippen LogP contribution in [0.2, 0.25) is 0 Å². The van der Waals surface area contributed by atoms with E-state index in [2.05, 4.69) is 0 Å². The van der Waals surface area contributed by atoms with Gasteiger partial charge in [-0.1, -0.05) is 127 Å². The van der Waals surface area contributed by atoms with Crippen LogP contribution >= 0.6 is 0 Å². The Balaban J connectivity index is 1.72. The van der Waals surface area contributed by atoms with Crippen LogP contribution in [0, 0.1) is 0 Å². The lowest BCUT2D eigenvalue weighted by atomic mass is 9.83. The van der Waals surface area contributed by atoms with Gasteiger partial charge in [0.25, 0.3) is 0 Å². The molecule has 1 nitrogen and oxygen atoms in total. The zero-order valence-electron chi connectivity index (χ0n) is 31.4. The molecule has 8 rings (SSSR count). The van der Waals surface area contributed by atoms with Gasteiger partial charge in [-0.25, -0.2) is 0 Å². The van der Waals surface area contributed by atoms with Crippen molar-refractivity contribution < 1.29 is 19.5 Å². The Hall–Kier alpha value is -5.14. The van der Waals surface area contributed by atoms with Crippen LogP contribution in [0.3, 0.4) is 0 Å². The molecule has 0 unspecified atom stereocenters. The molecule has 0 aliphatic rings. The molecule has 0 amide bonds. The topological polar surface area (TPSA) is 13.1 Å². The fourth-order valence-corrected chi connectivity index (χ4v) is 5.58. The van der Waals surface area contributed by atoms with Gasteiger partial charge in [0.05, 0.1) is 15.1 Å². The van der Waals surface area contributed by atoms with Gasteiger partial charge in [-0.15, -0.1) is 0 Å². The summed E-state index contributed by atoms with van der Waals surface area (Å²) in [5.74, 6) is 0. The number of rotatable bonds is 3. The minimum Gasteiger partial charge on any atom is -0.456 e. The van der Waals surface area contributed by atoms with Gasteiger partial charge in [0.1, 0.15) is 11.2 Å². The Labute approximate surface area is 242 Å². The van der Waals surface area contributed by atoms with Gasteiger partial charge in [-0.2, -0.15) is 0 Å². The summed E-state index contributed by atoms with van der Waals surface area (Å²) in [5.41, 5.74) is 1.56. The molecule has 0 saturated heterocycles. The first-order valence-corrected chi connectivity index (χ1v) is 12.5. The van der Waals surface area contributed by atoms with Crippen molar-refractivity contribution in [1.29, 1.82) is 0 Å². The summed E-state index contributed by atoms with van der Waals surface area (Å²) in [7, 11) is 0. The fourth-order valence-electron chi connectivity index (χ4n) is 5.58. The first-order chi connectivity index (χ1) is 24.0. The van der Waals surface area contributed by atoms with Crippen molar-refractivity contribution >= 4 is 43.5 Å². The molecule has 1 heteroatoms. The second-order valence-corrected chi connectivity index (χ2v) is 9.22. The zero-order chi connectivity index (χ0) is 35.3. The van der Waals surface area contributed by atoms with Crippen LogP contribution in [0.5, 0.6) is 0 Å². The van der Waals surface area contributed by atoms with Gasteiger partial charge >= 0.3 is 0 Å². The van der Waals surface area contributed by atoms with Crippen LogP contribution in [0.1, 0.15) is 15.1 Å². The van der Waals surface area contributed by atoms with Gasteiger partial charge in [-0.3, -0.25) is 0 Å². The third-order valence-electron chi connectivity index (χ3n) is 7.13. The van der Waals surface area contributed by atoms with Crippen molar-refractivity contribution in [2.24, 2.45) is 0 Å². The third kappa shape index (κ3) is 3.34. The van der Waals surface area contributed by atoms with Crippen LogP contribution in [0.25, 0.3) is 76.9 Å². The lowest BCUT2D eigenvalue weighted by Crippen LogP contribution is -1.93. The van der Waals surface area contributed by atoms with Crippen molar-refractivity contribution in [1.82, 2.24) is 0 Å². The van der Waals surface area contributed by atoms with E-state index in [0.29, 0.717) is 16.3 Å². The Kier molecular flexibility index (Phi) is 3.04. The molecular formula is C38H24O. The normalized spacial score (nSPS) is 15.5. The van der Waals surface area contributed by atoms with E-state index in [-0.39, 0.29) is 44.7 Å². The molecule has 1 heterocycles. The van der Waals surface area contributed by atoms with E-state index in [4.69, 9.17) is 16.8 Å². The lowest BCUT2D eigenvalue weighted by molar-refractivity contribution is 0.669. The molecule has 0 fully saturated rings. The van der Waals surface area contributed by atoms with E-state index in [1.807, 2.05) is 78.9 Å². The molecule has 182 valence electrons.